The van der Waals surface area contributed by atoms with Gasteiger partial charge in [-0.2, -0.15) is 0 Å². The molecule has 1 aromatic carbocycles. The van der Waals surface area contributed by atoms with Gasteiger partial charge >= 0.3 is 0 Å². The molecule has 0 aliphatic carbocycles. The van der Waals surface area contributed by atoms with Gasteiger partial charge in [0.2, 0.25) is 5.91 Å². The van der Waals surface area contributed by atoms with Crippen LogP contribution in [0.3, 0.4) is 0 Å². The maximum absolute atomic E-state index is 13.7. The Morgan fingerprint density at radius 3 is 3.00 bits per heavy atom. The van der Waals surface area contributed by atoms with Gasteiger partial charge in [-0.15, -0.1) is 0 Å². The third-order valence-electron chi connectivity index (χ3n) is 4.39. The van der Waals surface area contributed by atoms with Crippen LogP contribution in [0.5, 0.6) is 0 Å². The molecule has 1 aliphatic rings. The topological polar surface area (TPSA) is 68.5 Å². The highest BCUT2D eigenvalue weighted by Crippen LogP contribution is 2.15. The van der Waals surface area contributed by atoms with Gasteiger partial charge in [0.05, 0.1) is 19.1 Å². The van der Waals surface area contributed by atoms with Crippen molar-refractivity contribution in [3.8, 4) is 0 Å². The van der Waals surface area contributed by atoms with Gasteiger partial charge in [0.25, 0.3) is 0 Å². The van der Waals surface area contributed by atoms with Gasteiger partial charge in [-0.1, -0.05) is 18.2 Å². The Hall–Kier alpha value is -2.47. The van der Waals surface area contributed by atoms with E-state index in [0.29, 0.717) is 31.1 Å². The maximum atomic E-state index is 13.7. The van der Waals surface area contributed by atoms with E-state index in [-0.39, 0.29) is 24.2 Å². The van der Waals surface area contributed by atoms with Crippen molar-refractivity contribution in [3.05, 3.63) is 59.5 Å². The molecule has 0 saturated carbocycles. The van der Waals surface area contributed by atoms with Gasteiger partial charge in [0.1, 0.15) is 11.6 Å². The number of morpholine rings is 1. The Bertz CT molecular complexity index is 738. The highest BCUT2D eigenvalue weighted by atomic mass is 19.1. The van der Waals surface area contributed by atoms with Crippen molar-refractivity contribution >= 4 is 11.7 Å². The number of nitrogen functional groups attached to an aromatic ring is 1. The van der Waals surface area contributed by atoms with Crippen LogP contribution in [-0.2, 0) is 22.4 Å². The molecule has 0 radical (unpaired) electrons. The molecule has 2 aromatic rings. The zero-order valence-corrected chi connectivity index (χ0v) is 14.0. The van der Waals surface area contributed by atoms with Crippen molar-refractivity contribution in [1.82, 2.24) is 9.88 Å². The number of rotatable bonds is 5. The lowest BCUT2D eigenvalue weighted by Crippen LogP contribution is -2.46. The van der Waals surface area contributed by atoms with E-state index in [1.54, 1.807) is 29.3 Å². The molecular weight excluding hydrogens is 321 g/mol. The average molecular weight is 343 g/mol. The smallest absolute Gasteiger partial charge is 0.227 e. The number of carbonyl (C=O) groups excluding carboxylic acids is 1. The molecule has 1 amide bonds. The van der Waals surface area contributed by atoms with Crippen LogP contribution in [0.15, 0.2) is 42.6 Å². The van der Waals surface area contributed by atoms with Crippen LogP contribution in [-0.4, -0.2) is 41.6 Å². The number of amides is 1. The highest BCUT2D eigenvalue weighted by Gasteiger charge is 2.24. The first-order valence-electron chi connectivity index (χ1n) is 8.45. The predicted molar refractivity (Wildman–Crippen MR) is 93.4 cm³/mol. The minimum Gasteiger partial charge on any atom is -0.384 e. The van der Waals surface area contributed by atoms with Crippen molar-refractivity contribution in [2.24, 2.45) is 0 Å². The van der Waals surface area contributed by atoms with Crippen LogP contribution < -0.4 is 5.73 Å². The van der Waals surface area contributed by atoms with Crippen molar-refractivity contribution in [2.75, 3.05) is 25.4 Å². The SMILES string of the molecule is Nc1cc(CC[C@@H]2CN(C(=O)Cc3ccccc3F)CCO2)ccn1. The standard InChI is InChI=1S/C19H22FN3O2/c20-17-4-2-1-3-15(17)12-19(24)23-9-10-25-16(13-23)6-5-14-7-8-22-18(21)11-14/h1-4,7-8,11,16H,5-6,9-10,12-13H2,(H2,21,22)/t16-/m1/s1. The fourth-order valence-electron chi connectivity index (χ4n) is 3.01. The van der Waals surface area contributed by atoms with Gasteiger partial charge in [-0.05, 0) is 42.2 Å². The van der Waals surface area contributed by atoms with E-state index >= 15 is 0 Å². The minimum atomic E-state index is -0.337. The quantitative estimate of drug-likeness (QED) is 0.904. The van der Waals surface area contributed by atoms with Crippen LogP contribution in [0.1, 0.15) is 17.5 Å². The summed E-state index contributed by atoms with van der Waals surface area (Å²) >= 11 is 0. The van der Waals surface area contributed by atoms with E-state index in [9.17, 15) is 9.18 Å². The van der Waals surface area contributed by atoms with E-state index in [2.05, 4.69) is 4.98 Å². The molecule has 1 fully saturated rings. The second-order valence-electron chi connectivity index (χ2n) is 6.23. The molecule has 1 atom stereocenters. The first-order valence-corrected chi connectivity index (χ1v) is 8.45. The van der Waals surface area contributed by atoms with Gasteiger partial charge in [-0.3, -0.25) is 4.79 Å². The third kappa shape index (κ3) is 4.76. The van der Waals surface area contributed by atoms with Gasteiger partial charge < -0.3 is 15.4 Å². The molecule has 1 saturated heterocycles. The summed E-state index contributed by atoms with van der Waals surface area (Å²) in [6.07, 6.45) is 3.36. The maximum Gasteiger partial charge on any atom is 0.227 e. The van der Waals surface area contributed by atoms with Crippen molar-refractivity contribution in [3.63, 3.8) is 0 Å². The number of hydrogen-bond acceptors (Lipinski definition) is 4. The Labute approximate surface area is 146 Å². The van der Waals surface area contributed by atoms with Crippen LogP contribution in [0.2, 0.25) is 0 Å². The molecule has 0 unspecified atom stereocenters. The number of hydrogen-bond donors (Lipinski definition) is 1. The number of nitrogens with two attached hydrogens (primary N) is 1. The predicted octanol–water partition coefficient (Wildman–Crippen LogP) is 2.21. The molecule has 2 N–H and O–H groups in total. The van der Waals surface area contributed by atoms with E-state index < -0.39 is 0 Å². The molecule has 25 heavy (non-hydrogen) atoms. The Morgan fingerprint density at radius 2 is 2.20 bits per heavy atom. The summed E-state index contributed by atoms with van der Waals surface area (Å²) in [5.41, 5.74) is 7.22. The summed E-state index contributed by atoms with van der Waals surface area (Å²) in [6.45, 7) is 1.59. The van der Waals surface area contributed by atoms with Gasteiger partial charge in [0.15, 0.2) is 0 Å². The van der Waals surface area contributed by atoms with Crippen molar-refractivity contribution < 1.29 is 13.9 Å². The highest BCUT2D eigenvalue weighted by molar-refractivity contribution is 5.79. The van der Waals surface area contributed by atoms with Crippen LogP contribution in [0, 0.1) is 5.82 Å². The van der Waals surface area contributed by atoms with E-state index in [4.69, 9.17) is 10.5 Å². The summed E-state index contributed by atoms with van der Waals surface area (Å²) in [5.74, 6) is 0.103. The normalized spacial score (nSPS) is 17.5. The van der Waals surface area contributed by atoms with E-state index in [1.165, 1.54) is 6.07 Å². The Morgan fingerprint density at radius 1 is 1.36 bits per heavy atom. The molecule has 0 spiro atoms. The second kappa shape index (κ2) is 8.07. The van der Waals surface area contributed by atoms with Crippen LogP contribution in [0.25, 0.3) is 0 Å². The summed E-state index contributed by atoms with van der Waals surface area (Å²) < 4.78 is 19.5. The van der Waals surface area contributed by atoms with E-state index in [0.717, 1.165) is 18.4 Å². The number of ether oxygens (including phenoxy) is 1. The summed E-state index contributed by atoms with van der Waals surface area (Å²) in [6, 6.07) is 10.2. The molecule has 1 aromatic heterocycles. The Balaban J connectivity index is 1.53. The number of halogens is 1. The number of aromatic nitrogens is 1. The number of aryl methyl sites for hydroxylation is 1. The molecule has 3 rings (SSSR count). The van der Waals surface area contributed by atoms with Crippen molar-refractivity contribution in [2.45, 2.75) is 25.4 Å². The summed E-state index contributed by atoms with van der Waals surface area (Å²) in [4.78, 5) is 18.2. The zero-order chi connectivity index (χ0) is 17.6. The molecule has 132 valence electrons. The van der Waals surface area contributed by atoms with Crippen LogP contribution >= 0.6 is 0 Å². The molecule has 2 heterocycles. The third-order valence-corrected chi connectivity index (χ3v) is 4.39. The lowest BCUT2D eigenvalue weighted by molar-refractivity contribution is -0.138. The van der Waals surface area contributed by atoms with E-state index in [1.807, 2.05) is 12.1 Å². The lowest BCUT2D eigenvalue weighted by Gasteiger charge is -2.33. The minimum absolute atomic E-state index is 0.0206. The Kier molecular flexibility index (Phi) is 5.60. The number of pyridine rings is 1. The monoisotopic (exact) mass is 343 g/mol. The second-order valence-corrected chi connectivity index (χ2v) is 6.23. The van der Waals surface area contributed by atoms with Crippen LogP contribution in [0.4, 0.5) is 10.2 Å². The number of carbonyl (C=O) groups is 1. The number of anilines is 1. The molecular formula is C19H22FN3O2. The largest absolute Gasteiger partial charge is 0.384 e. The fourth-order valence-corrected chi connectivity index (χ4v) is 3.01. The molecule has 1 aliphatic heterocycles. The zero-order valence-electron chi connectivity index (χ0n) is 14.0. The number of benzene rings is 1. The first-order chi connectivity index (χ1) is 12.1. The first kappa shape index (κ1) is 17.4. The summed E-state index contributed by atoms with van der Waals surface area (Å²) in [5, 5.41) is 0. The van der Waals surface area contributed by atoms with Crippen molar-refractivity contribution in [1.29, 1.82) is 0 Å². The average Bonchev–Trinajstić information content (AvgIpc) is 2.62. The molecule has 6 heteroatoms. The summed E-state index contributed by atoms with van der Waals surface area (Å²) in [7, 11) is 0. The fraction of sp³-hybridized carbons (Fsp3) is 0.368. The van der Waals surface area contributed by atoms with Gasteiger partial charge in [-0.25, -0.2) is 9.37 Å². The number of nitrogens with zero attached hydrogens (tertiary/aromatic N) is 2. The lowest BCUT2D eigenvalue weighted by atomic mass is 10.1. The molecule has 5 nitrogen and oxygen atoms in total. The molecule has 0 bridgehead atoms. The van der Waals surface area contributed by atoms with Gasteiger partial charge in [0, 0.05) is 19.3 Å².